The minimum absolute atomic E-state index is 0.153. The maximum absolute atomic E-state index is 11.3. The number of carbonyl (C=O) groups is 1. The van der Waals surface area contributed by atoms with Gasteiger partial charge in [-0.25, -0.2) is 0 Å². The van der Waals surface area contributed by atoms with Crippen LogP contribution in [0.15, 0.2) is 0 Å². The number of nitrogens with zero attached hydrogens (tertiary/aromatic N) is 1. The second-order valence-electron chi connectivity index (χ2n) is 3.67. The van der Waals surface area contributed by atoms with Crippen molar-refractivity contribution < 1.29 is 4.79 Å². The lowest BCUT2D eigenvalue weighted by molar-refractivity contribution is -0.131. The van der Waals surface area contributed by atoms with E-state index in [-0.39, 0.29) is 17.3 Å². The predicted octanol–water partition coefficient (Wildman–Crippen LogP) is 2.40. The molecule has 1 rings (SSSR count). The molecule has 1 aliphatic carbocycles. The summed E-state index contributed by atoms with van der Waals surface area (Å²) in [6, 6.07) is 0.276. The summed E-state index contributed by atoms with van der Waals surface area (Å²) < 4.78 is 0. The van der Waals surface area contributed by atoms with Gasteiger partial charge in [0.1, 0.15) is 0 Å². The maximum Gasteiger partial charge on any atom is 0.219 e. The first-order valence-electron chi connectivity index (χ1n) is 5.08. The Balaban J connectivity index is 2.60. The lowest BCUT2D eigenvalue weighted by Crippen LogP contribution is -2.45. The zero-order valence-electron chi connectivity index (χ0n) is 8.42. The Bertz CT molecular complexity index is 184. The number of rotatable bonds is 2. The third-order valence-corrected chi connectivity index (χ3v) is 3.30. The standard InChI is InChI=1S/C10H18ClNO/c1-3-12(8(2)13)10-7-5-4-6-9(10)11/h9-10H,3-7H2,1-2H3. The lowest BCUT2D eigenvalue weighted by Gasteiger charge is -2.36. The molecule has 0 bridgehead atoms. The Morgan fingerprint density at radius 3 is 2.54 bits per heavy atom. The van der Waals surface area contributed by atoms with Crippen molar-refractivity contribution in [2.75, 3.05) is 6.54 Å². The summed E-state index contributed by atoms with van der Waals surface area (Å²) in [5.74, 6) is 0.153. The average Bonchev–Trinajstić information content (AvgIpc) is 2.09. The van der Waals surface area contributed by atoms with Crippen molar-refractivity contribution in [2.45, 2.75) is 50.9 Å². The van der Waals surface area contributed by atoms with Gasteiger partial charge >= 0.3 is 0 Å². The van der Waals surface area contributed by atoms with Gasteiger partial charge in [0, 0.05) is 19.5 Å². The van der Waals surface area contributed by atoms with Gasteiger partial charge in [-0.15, -0.1) is 11.6 Å². The topological polar surface area (TPSA) is 20.3 Å². The zero-order valence-corrected chi connectivity index (χ0v) is 9.18. The Labute approximate surface area is 85.2 Å². The number of alkyl halides is 1. The summed E-state index contributed by atoms with van der Waals surface area (Å²) >= 11 is 6.21. The van der Waals surface area contributed by atoms with E-state index >= 15 is 0 Å². The molecule has 0 aromatic carbocycles. The Hall–Kier alpha value is -0.240. The van der Waals surface area contributed by atoms with Crippen LogP contribution in [0.3, 0.4) is 0 Å². The summed E-state index contributed by atoms with van der Waals surface area (Å²) in [6.07, 6.45) is 4.54. The second kappa shape index (κ2) is 4.85. The second-order valence-corrected chi connectivity index (χ2v) is 4.23. The summed E-state index contributed by atoms with van der Waals surface area (Å²) in [6.45, 7) is 4.42. The minimum atomic E-state index is 0.153. The SMILES string of the molecule is CCN(C(C)=O)C1CCCCC1Cl. The molecule has 0 aliphatic heterocycles. The van der Waals surface area contributed by atoms with E-state index < -0.39 is 0 Å². The van der Waals surface area contributed by atoms with Crippen molar-refractivity contribution in [3.8, 4) is 0 Å². The highest BCUT2D eigenvalue weighted by molar-refractivity contribution is 6.21. The molecule has 0 saturated heterocycles. The number of halogens is 1. The first kappa shape index (κ1) is 10.8. The molecule has 0 N–H and O–H groups in total. The normalized spacial score (nSPS) is 28.5. The van der Waals surface area contributed by atoms with Crippen LogP contribution < -0.4 is 0 Å². The predicted molar refractivity (Wildman–Crippen MR) is 55.0 cm³/mol. The molecular formula is C10H18ClNO. The van der Waals surface area contributed by atoms with E-state index in [0.717, 1.165) is 19.4 Å². The maximum atomic E-state index is 11.3. The van der Waals surface area contributed by atoms with E-state index in [1.54, 1.807) is 6.92 Å². The number of carbonyl (C=O) groups excluding carboxylic acids is 1. The first-order valence-corrected chi connectivity index (χ1v) is 5.51. The Morgan fingerprint density at radius 2 is 2.08 bits per heavy atom. The lowest BCUT2D eigenvalue weighted by atomic mass is 9.93. The van der Waals surface area contributed by atoms with E-state index in [1.807, 2.05) is 11.8 Å². The summed E-state index contributed by atoms with van der Waals surface area (Å²) in [5.41, 5.74) is 0. The summed E-state index contributed by atoms with van der Waals surface area (Å²) in [7, 11) is 0. The molecule has 0 spiro atoms. The Morgan fingerprint density at radius 1 is 1.46 bits per heavy atom. The van der Waals surface area contributed by atoms with Gasteiger partial charge < -0.3 is 4.90 Å². The van der Waals surface area contributed by atoms with Crippen LogP contribution in [0.5, 0.6) is 0 Å². The molecule has 1 saturated carbocycles. The number of hydrogen-bond donors (Lipinski definition) is 0. The number of hydrogen-bond acceptors (Lipinski definition) is 1. The highest BCUT2D eigenvalue weighted by atomic mass is 35.5. The minimum Gasteiger partial charge on any atom is -0.339 e. The monoisotopic (exact) mass is 203 g/mol. The van der Waals surface area contributed by atoms with Gasteiger partial charge in [-0.3, -0.25) is 4.79 Å². The fraction of sp³-hybridized carbons (Fsp3) is 0.900. The van der Waals surface area contributed by atoms with Crippen LogP contribution in [0, 0.1) is 0 Å². The molecule has 13 heavy (non-hydrogen) atoms. The van der Waals surface area contributed by atoms with Crippen molar-refractivity contribution >= 4 is 17.5 Å². The van der Waals surface area contributed by atoms with Gasteiger partial charge in [-0.2, -0.15) is 0 Å². The molecule has 1 aliphatic rings. The van der Waals surface area contributed by atoms with Crippen molar-refractivity contribution in [1.82, 2.24) is 4.90 Å². The largest absolute Gasteiger partial charge is 0.339 e. The zero-order chi connectivity index (χ0) is 9.84. The highest BCUT2D eigenvalue weighted by Crippen LogP contribution is 2.27. The van der Waals surface area contributed by atoms with Crippen LogP contribution >= 0.6 is 11.6 Å². The van der Waals surface area contributed by atoms with Crippen LogP contribution in [-0.4, -0.2) is 28.8 Å². The van der Waals surface area contributed by atoms with Crippen LogP contribution in [0.4, 0.5) is 0 Å². The van der Waals surface area contributed by atoms with Crippen molar-refractivity contribution in [1.29, 1.82) is 0 Å². The first-order chi connectivity index (χ1) is 6.16. The molecule has 1 amide bonds. The number of amides is 1. The molecule has 0 radical (unpaired) electrons. The molecule has 3 heteroatoms. The smallest absolute Gasteiger partial charge is 0.219 e. The highest BCUT2D eigenvalue weighted by Gasteiger charge is 2.29. The van der Waals surface area contributed by atoms with Crippen LogP contribution in [0.1, 0.15) is 39.5 Å². The summed E-state index contributed by atoms with van der Waals surface area (Å²) in [4.78, 5) is 13.2. The van der Waals surface area contributed by atoms with Crippen LogP contribution in [-0.2, 0) is 4.79 Å². The molecule has 2 nitrogen and oxygen atoms in total. The third kappa shape index (κ3) is 2.60. The third-order valence-electron chi connectivity index (χ3n) is 2.79. The molecule has 1 fully saturated rings. The van der Waals surface area contributed by atoms with Gasteiger partial charge in [-0.1, -0.05) is 12.8 Å². The van der Waals surface area contributed by atoms with E-state index in [9.17, 15) is 4.79 Å². The molecule has 0 aromatic rings. The molecule has 0 heterocycles. The van der Waals surface area contributed by atoms with E-state index in [4.69, 9.17) is 11.6 Å². The Kier molecular flexibility index (Phi) is 4.04. The molecule has 2 unspecified atom stereocenters. The molecule has 0 aromatic heterocycles. The molecule has 2 atom stereocenters. The van der Waals surface area contributed by atoms with Crippen molar-refractivity contribution in [2.24, 2.45) is 0 Å². The van der Waals surface area contributed by atoms with E-state index in [1.165, 1.54) is 12.8 Å². The molecule has 76 valence electrons. The van der Waals surface area contributed by atoms with Gasteiger partial charge in [0.2, 0.25) is 5.91 Å². The summed E-state index contributed by atoms with van der Waals surface area (Å²) in [5, 5.41) is 0.164. The van der Waals surface area contributed by atoms with E-state index in [0.29, 0.717) is 0 Å². The van der Waals surface area contributed by atoms with Gasteiger partial charge in [0.25, 0.3) is 0 Å². The average molecular weight is 204 g/mol. The van der Waals surface area contributed by atoms with Crippen molar-refractivity contribution in [3.63, 3.8) is 0 Å². The fourth-order valence-corrected chi connectivity index (χ4v) is 2.52. The van der Waals surface area contributed by atoms with Crippen LogP contribution in [0.25, 0.3) is 0 Å². The van der Waals surface area contributed by atoms with Gasteiger partial charge in [0.15, 0.2) is 0 Å². The van der Waals surface area contributed by atoms with E-state index in [2.05, 4.69) is 0 Å². The van der Waals surface area contributed by atoms with Crippen LogP contribution in [0.2, 0.25) is 0 Å². The fourth-order valence-electron chi connectivity index (χ4n) is 2.11. The van der Waals surface area contributed by atoms with Crippen molar-refractivity contribution in [3.05, 3.63) is 0 Å². The van der Waals surface area contributed by atoms with Gasteiger partial charge in [-0.05, 0) is 19.8 Å². The molecular weight excluding hydrogens is 186 g/mol. The van der Waals surface area contributed by atoms with Gasteiger partial charge in [0.05, 0.1) is 5.38 Å². The quantitative estimate of drug-likeness (QED) is 0.632.